The van der Waals surface area contributed by atoms with E-state index in [1.165, 1.54) is 37.8 Å². The first-order valence-electron chi connectivity index (χ1n) is 7.56. The molecule has 2 saturated carbocycles. The molecule has 2 aliphatic rings. The lowest BCUT2D eigenvalue weighted by molar-refractivity contribution is 0.230. The van der Waals surface area contributed by atoms with Crippen LogP contribution in [0.25, 0.3) is 0 Å². The second-order valence-electron chi connectivity index (χ2n) is 6.32. The molecule has 0 saturated heterocycles. The first-order valence-corrected chi connectivity index (χ1v) is 7.94. The molecule has 2 N–H and O–H groups in total. The number of hydrogen-bond donors (Lipinski definition) is 2. The van der Waals surface area contributed by atoms with Gasteiger partial charge in [0.05, 0.1) is 10.7 Å². The molecule has 2 bridgehead atoms. The van der Waals surface area contributed by atoms with Gasteiger partial charge in [-0.1, -0.05) is 24.1 Å². The third kappa shape index (κ3) is 3.00. The predicted molar refractivity (Wildman–Crippen MR) is 82.0 cm³/mol. The minimum atomic E-state index is -0.523. The highest BCUT2D eigenvalue weighted by Crippen LogP contribution is 2.49. The first kappa shape index (κ1) is 14.6. The summed E-state index contributed by atoms with van der Waals surface area (Å²) >= 11 is 5.91. The molecular formula is C16H20ClFN2O. The summed E-state index contributed by atoms with van der Waals surface area (Å²) < 4.78 is 13.6. The lowest BCUT2D eigenvalue weighted by Gasteiger charge is -2.28. The summed E-state index contributed by atoms with van der Waals surface area (Å²) in [6.07, 6.45) is 5.12. The molecule has 3 rings (SSSR count). The smallest absolute Gasteiger partial charge is 0.319 e. The van der Waals surface area contributed by atoms with E-state index in [0.29, 0.717) is 5.92 Å². The number of fused-ring (bicyclic) bond motifs is 2. The van der Waals surface area contributed by atoms with Gasteiger partial charge in [0.2, 0.25) is 0 Å². The van der Waals surface area contributed by atoms with Crippen molar-refractivity contribution in [2.75, 3.05) is 5.32 Å². The molecule has 0 aliphatic heterocycles. The van der Waals surface area contributed by atoms with Gasteiger partial charge in [0.1, 0.15) is 5.82 Å². The Bertz CT molecular complexity index is 531. The Labute approximate surface area is 129 Å². The van der Waals surface area contributed by atoms with Gasteiger partial charge in [-0.3, -0.25) is 0 Å². The van der Waals surface area contributed by atoms with E-state index in [-0.39, 0.29) is 16.8 Å². The van der Waals surface area contributed by atoms with Crippen molar-refractivity contribution in [2.24, 2.45) is 17.8 Å². The Morgan fingerprint density at radius 1 is 1.38 bits per heavy atom. The molecule has 0 aromatic heterocycles. The van der Waals surface area contributed by atoms with Gasteiger partial charge in [0.25, 0.3) is 0 Å². The molecule has 2 amide bonds. The number of nitrogens with one attached hydrogen (secondary N) is 2. The van der Waals surface area contributed by atoms with Crippen LogP contribution in [0.5, 0.6) is 0 Å². The Morgan fingerprint density at radius 3 is 2.81 bits per heavy atom. The normalized spacial score (nSPS) is 28.4. The minimum absolute atomic E-state index is 0.0387. The van der Waals surface area contributed by atoms with Crippen LogP contribution >= 0.6 is 11.6 Å². The number of benzene rings is 1. The van der Waals surface area contributed by atoms with Gasteiger partial charge in [-0.05, 0) is 56.1 Å². The van der Waals surface area contributed by atoms with E-state index in [1.54, 1.807) is 6.07 Å². The molecule has 0 spiro atoms. The average Bonchev–Trinajstić information content (AvgIpc) is 3.05. The topological polar surface area (TPSA) is 41.1 Å². The summed E-state index contributed by atoms with van der Waals surface area (Å²) in [7, 11) is 0. The van der Waals surface area contributed by atoms with Crippen LogP contribution in [-0.4, -0.2) is 12.1 Å². The highest BCUT2D eigenvalue weighted by atomic mass is 35.5. The maximum absolute atomic E-state index is 13.6. The van der Waals surface area contributed by atoms with Gasteiger partial charge in [0, 0.05) is 6.04 Å². The van der Waals surface area contributed by atoms with E-state index in [0.717, 1.165) is 11.8 Å². The van der Waals surface area contributed by atoms with Crippen molar-refractivity contribution >= 4 is 23.3 Å². The number of para-hydroxylation sites is 1. The lowest BCUT2D eigenvalue weighted by Crippen LogP contribution is -2.42. The molecule has 21 heavy (non-hydrogen) atoms. The average molecular weight is 311 g/mol. The van der Waals surface area contributed by atoms with Crippen molar-refractivity contribution in [3.63, 3.8) is 0 Å². The summed E-state index contributed by atoms with van der Waals surface area (Å²) in [6, 6.07) is 4.06. The molecule has 0 heterocycles. The number of amides is 2. The molecule has 1 aromatic carbocycles. The van der Waals surface area contributed by atoms with Crippen molar-refractivity contribution in [3.8, 4) is 0 Å². The number of carbonyl (C=O) groups excluding carboxylic acids is 1. The van der Waals surface area contributed by atoms with Crippen LogP contribution in [-0.2, 0) is 0 Å². The summed E-state index contributed by atoms with van der Waals surface area (Å²) in [5.74, 6) is 1.60. The third-order valence-electron chi connectivity index (χ3n) is 5.00. The fourth-order valence-corrected chi connectivity index (χ4v) is 4.20. The molecule has 114 valence electrons. The van der Waals surface area contributed by atoms with Crippen molar-refractivity contribution < 1.29 is 9.18 Å². The van der Waals surface area contributed by atoms with Gasteiger partial charge in [-0.25, -0.2) is 9.18 Å². The van der Waals surface area contributed by atoms with Crippen LogP contribution in [0, 0.1) is 23.6 Å². The SMILES string of the molecule is CC(NC(=O)Nc1c(F)cccc1Cl)C1CC2CCC1C2. The second-order valence-corrected chi connectivity index (χ2v) is 6.73. The Kier molecular flexibility index (Phi) is 4.07. The van der Waals surface area contributed by atoms with Gasteiger partial charge in [-0.15, -0.1) is 0 Å². The number of anilines is 1. The van der Waals surface area contributed by atoms with Crippen LogP contribution in [0.4, 0.5) is 14.9 Å². The Balaban J connectivity index is 1.59. The van der Waals surface area contributed by atoms with E-state index >= 15 is 0 Å². The minimum Gasteiger partial charge on any atom is -0.335 e. The molecular weight excluding hydrogens is 291 g/mol. The van der Waals surface area contributed by atoms with Gasteiger partial charge in [-0.2, -0.15) is 0 Å². The zero-order valence-corrected chi connectivity index (χ0v) is 12.8. The monoisotopic (exact) mass is 310 g/mol. The molecule has 5 heteroatoms. The first-order chi connectivity index (χ1) is 10.0. The van der Waals surface area contributed by atoms with Crippen LogP contribution < -0.4 is 10.6 Å². The highest BCUT2D eigenvalue weighted by molar-refractivity contribution is 6.33. The molecule has 2 aliphatic carbocycles. The Morgan fingerprint density at radius 2 is 2.19 bits per heavy atom. The number of halogens is 2. The van der Waals surface area contributed by atoms with Crippen molar-refractivity contribution in [3.05, 3.63) is 29.0 Å². The lowest BCUT2D eigenvalue weighted by atomic mass is 9.84. The largest absolute Gasteiger partial charge is 0.335 e. The van der Waals surface area contributed by atoms with Crippen LogP contribution in [0.15, 0.2) is 18.2 Å². The molecule has 0 radical (unpaired) electrons. The van der Waals surface area contributed by atoms with Crippen molar-refractivity contribution in [1.82, 2.24) is 5.32 Å². The maximum Gasteiger partial charge on any atom is 0.319 e. The van der Waals surface area contributed by atoms with E-state index in [1.807, 2.05) is 6.92 Å². The fourth-order valence-electron chi connectivity index (χ4n) is 3.99. The van der Waals surface area contributed by atoms with E-state index < -0.39 is 11.8 Å². The van der Waals surface area contributed by atoms with E-state index in [2.05, 4.69) is 10.6 Å². The number of carbonyl (C=O) groups is 1. The van der Waals surface area contributed by atoms with Gasteiger partial charge < -0.3 is 10.6 Å². The standard InChI is InChI=1S/C16H20ClFN2O/c1-9(12-8-10-5-6-11(12)7-10)19-16(21)20-15-13(17)3-2-4-14(15)18/h2-4,9-12H,5-8H2,1H3,(H2,19,20,21). The van der Waals surface area contributed by atoms with Crippen LogP contribution in [0.1, 0.15) is 32.6 Å². The van der Waals surface area contributed by atoms with Crippen molar-refractivity contribution in [1.29, 1.82) is 0 Å². The summed E-state index contributed by atoms with van der Waals surface area (Å²) in [4.78, 5) is 12.0. The predicted octanol–water partition coefficient (Wildman–Crippen LogP) is 4.43. The molecule has 4 atom stereocenters. The van der Waals surface area contributed by atoms with Gasteiger partial charge >= 0.3 is 6.03 Å². The Hall–Kier alpha value is -1.29. The highest BCUT2D eigenvalue weighted by Gasteiger charge is 2.42. The molecule has 1 aromatic rings. The van der Waals surface area contributed by atoms with E-state index in [4.69, 9.17) is 11.6 Å². The summed E-state index contributed by atoms with van der Waals surface area (Å²) in [6.45, 7) is 2.04. The second kappa shape index (κ2) is 5.84. The van der Waals surface area contributed by atoms with Crippen molar-refractivity contribution in [2.45, 2.75) is 38.6 Å². The van der Waals surface area contributed by atoms with Gasteiger partial charge in [0.15, 0.2) is 0 Å². The summed E-state index contributed by atoms with van der Waals surface area (Å²) in [5.41, 5.74) is 0.0387. The zero-order valence-electron chi connectivity index (χ0n) is 12.0. The maximum atomic E-state index is 13.6. The summed E-state index contributed by atoms with van der Waals surface area (Å²) in [5, 5.41) is 5.66. The number of hydrogen-bond acceptors (Lipinski definition) is 1. The molecule has 2 fully saturated rings. The van der Waals surface area contributed by atoms with Crippen LogP contribution in [0.2, 0.25) is 5.02 Å². The third-order valence-corrected chi connectivity index (χ3v) is 5.31. The fraction of sp³-hybridized carbons (Fsp3) is 0.562. The van der Waals surface area contributed by atoms with E-state index in [9.17, 15) is 9.18 Å². The van der Waals surface area contributed by atoms with Crippen LogP contribution in [0.3, 0.4) is 0 Å². The molecule has 4 unspecified atom stereocenters. The molecule has 3 nitrogen and oxygen atoms in total. The zero-order chi connectivity index (χ0) is 15.0. The number of urea groups is 1. The quantitative estimate of drug-likeness (QED) is 0.852. The number of rotatable bonds is 3.